The quantitative estimate of drug-likeness (QED) is 0.781. The lowest BCUT2D eigenvalue weighted by Crippen LogP contribution is -2.43. The van der Waals surface area contributed by atoms with Crippen molar-refractivity contribution < 1.29 is 9.13 Å². The molecule has 2 aromatic heterocycles. The maximum absolute atomic E-state index is 13.9. The summed E-state index contributed by atoms with van der Waals surface area (Å²) in [5.74, 6) is 0.801. The highest BCUT2D eigenvalue weighted by atomic mass is 19.1. The van der Waals surface area contributed by atoms with Gasteiger partial charge in [-0.25, -0.2) is 14.4 Å². The van der Waals surface area contributed by atoms with Crippen LogP contribution in [0.4, 0.5) is 21.7 Å². The molecule has 0 amide bonds. The maximum Gasteiger partial charge on any atom is 0.158 e. The van der Waals surface area contributed by atoms with Gasteiger partial charge in [-0.05, 0) is 14.0 Å². The van der Waals surface area contributed by atoms with Crippen LogP contribution in [0.2, 0.25) is 0 Å². The van der Waals surface area contributed by atoms with Gasteiger partial charge in [0.05, 0.1) is 30.8 Å². The van der Waals surface area contributed by atoms with Crippen LogP contribution in [0.25, 0.3) is 0 Å². The van der Waals surface area contributed by atoms with E-state index < -0.39 is 6.17 Å². The Bertz CT molecular complexity index is 808. The van der Waals surface area contributed by atoms with Gasteiger partial charge in [0.15, 0.2) is 11.5 Å². The molecule has 27 heavy (non-hydrogen) atoms. The Kier molecular flexibility index (Phi) is 6.05. The highest BCUT2D eigenvalue weighted by Crippen LogP contribution is 2.26. The molecule has 3 rings (SSSR count). The van der Waals surface area contributed by atoms with Gasteiger partial charge in [0.1, 0.15) is 23.8 Å². The van der Waals surface area contributed by atoms with Crippen LogP contribution in [0.3, 0.4) is 0 Å². The van der Waals surface area contributed by atoms with E-state index >= 15 is 0 Å². The molecule has 3 heterocycles. The number of aromatic nitrogens is 4. The van der Waals surface area contributed by atoms with E-state index in [4.69, 9.17) is 10.00 Å². The predicted octanol–water partition coefficient (Wildman–Crippen LogP) is 1.65. The van der Waals surface area contributed by atoms with Crippen LogP contribution in [-0.4, -0.2) is 64.5 Å². The Labute approximate surface area is 156 Å². The minimum absolute atomic E-state index is 0.0143. The van der Waals surface area contributed by atoms with E-state index in [-0.39, 0.29) is 17.5 Å². The molecule has 1 aliphatic heterocycles. The number of halogens is 1. The van der Waals surface area contributed by atoms with E-state index in [2.05, 4.69) is 35.7 Å². The molecule has 1 aliphatic rings. The number of rotatable bonds is 6. The lowest BCUT2D eigenvalue weighted by Gasteiger charge is -2.30. The standard InChI is InChI=1S/C17H21FN8O/c1-11(18)17-14(21-8-13-10-26(2)3-4-27-13)5-15(24-25-17)23-16-9-20-12(6-19)7-22-16/h5,7,9,11,13H,3-4,8,10H2,1-2H3,(H2,21,22,23,24). The molecule has 142 valence electrons. The third-order valence-corrected chi connectivity index (χ3v) is 4.08. The Balaban J connectivity index is 1.72. The SMILES string of the molecule is CC(F)c1nnc(Nc2cnc(C#N)cn2)cc1NCC1CN(C)CCO1. The minimum atomic E-state index is -1.27. The largest absolute Gasteiger partial charge is 0.381 e. The third kappa shape index (κ3) is 5.06. The fraction of sp³-hybridized carbons (Fsp3) is 0.471. The van der Waals surface area contributed by atoms with Crippen LogP contribution in [0.15, 0.2) is 18.5 Å². The van der Waals surface area contributed by atoms with Gasteiger partial charge in [-0.3, -0.25) is 0 Å². The summed E-state index contributed by atoms with van der Waals surface area (Å²) >= 11 is 0. The number of anilines is 3. The molecule has 2 atom stereocenters. The fourth-order valence-corrected chi connectivity index (χ4v) is 2.69. The maximum atomic E-state index is 13.9. The molecule has 1 saturated heterocycles. The van der Waals surface area contributed by atoms with Crippen LogP contribution in [-0.2, 0) is 4.74 Å². The van der Waals surface area contributed by atoms with Crippen molar-refractivity contribution in [2.75, 3.05) is 43.9 Å². The molecule has 0 bridgehead atoms. The van der Waals surface area contributed by atoms with E-state index in [0.717, 1.165) is 13.1 Å². The summed E-state index contributed by atoms with van der Waals surface area (Å²) in [4.78, 5) is 10.2. The van der Waals surface area contributed by atoms with Crippen LogP contribution in [0, 0.1) is 11.3 Å². The second kappa shape index (κ2) is 8.66. The van der Waals surface area contributed by atoms with Crippen molar-refractivity contribution in [2.45, 2.75) is 19.2 Å². The van der Waals surface area contributed by atoms with E-state index in [1.807, 2.05) is 13.1 Å². The summed E-state index contributed by atoms with van der Waals surface area (Å²) in [7, 11) is 2.04. The summed E-state index contributed by atoms with van der Waals surface area (Å²) in [6.07, 6.45) is 1.52. The molecule has 9 nitrogen and oxygen atoms in total. The Morgan fingerprint density at radius 1 is 1.37 bits per heavy atom. The van der Waals surface area contributed by atoms with Crippen LogP contribution < -0.4 is 10.6 Å². The van der Waals surface area contributed by atoms with Crippen molar-refractivity contribution >= 4 is 17.3 Å². The zero-order chi connectivity index (χ0) is 19.2. The number of nitriles is 1. The van der Waals surface area contributed by atoms with Crippen LogP contribution in [0.5, 0.6) is 0 Å². The monoisotopic (exact) mass is 372 g/mol. The van der Waals surface area contributed by atoms with Gasteiger partial charge < -0.3 is 20.3 Å². The number of ether oxygens (including phenoxy) is 1. The third-order valence-electron chi connectivity index (χ3n) is 4.08. The predicted molar refractivity (Wildman–Crippen MR) is 97.3 cm³/mol. The van der Waals surface area contributed by atoms with Gasteiger partial charge in [0.25, 0.3) is 0 Å². The Hall–Kier alpha value is -2.90. The van der Waals surface area contributed by atoms with E-state index in [1.54, 1.807) is 6.07 Å². The number of nitrogens with one attached hydrogen (secondary N) is 2. The molecule has 0 radical (unpaired) electrons. The van der Waals surface area contributed by atoms with Crippen LogP contribution in [0.1, 0.15) is 24.5 Å². The molecule has 2 N–H and O–H groups in total. The molecule has 2 unspecified atom stereocenters. The first kappa shape index (κ1) is 18.9. The molecular weight excluding hydrogens is 351 g/mol. The number of hydrogen-bond acceptors (Lipinski definition) is 9. The lowest BCUT2D eigenvalue weighted by molar-refractivity contribution is -0.0117. The van der Waals surface area contributed by atoms with Crippen molar-refractivity contribution in [3.05, 3.63) is 29.8 Å². The first-order valence-electron chi connectivity index (χ1n) is 8.60. The summed E-state index contributed by atoms with van der Waals surface area (Å²) in [6, 6.07) is 3.57. The van der Waals surface area contributed by atoms with Crippen molar-refractivity contribution in [3.63, 3.8) is 0 Å². The number of hydrogen-bond donors (Lipinski definition) is 2. The summed E-state index contributed by atoms with van der Waals surface area (Å²) in [5.41, 5.74) is 0.990. The van der Waals surface area contributed by atoms with E-state index in [1.165, 1.54) is 19.3 Å². The van der Waals surface area contributed by atoms with Crippen molar-refractivity contribution in [1.82, 2.24) is 25.1 Å². The highest BCUT2D eigenvalue weighted by molar-refractivity contribution is 5.59. The highest BCUT2D eigenvalue weighted by Gasteiger charge is 2.19. The summed E-state index contributed by atoms with van der Waals surface area (Å²) in [5, 5.41) is 22.9. The summed E-state index contributed by atoms with van der Waals surface area (Å²) < 4.78 is 19.6. The van der Waals surface area contributed by atoms with Gasteiger partial charge in [-0.1, -0.05) is 0 Å². The number of nitrogens with zero attached hydrogens (tertiary/aromatic N) is 6. The molecular formula is C17H21FN8O. The number of morpholine rings is 1. The molecule has 0 saturated carbocycles. The molecule has 0 aromatic carbocycles. The average molecular weight is 372 g/mol. The fourth-order valence-electron chi connectivity index (χ4n) is 2.69. The zero-order valence-corrected chi connectivity index (χ0v) is 15.2. The summed E-state index contributed by atoms with van der Waals surface area (Å²) in [6.45, 7) is 4.33. The van der Waals surface area contributed by atoms with Gasteiger partial charge in [0, 0.05) is 25.7 Å². The average Bonchev–Trinajstić information content (AvgIpc) is 2.67. The number of alkyl halides is 1. The first-order valence-corrected chi connectivity index (χ1v) is 8.60. The van der Waals surface area contributed by atoms with Gasteiger partial charge >= 0.3 is 0 Å². The van der Waals surface area contributed by atoms with Gasteiger partial charge in [0.2, 0.25) is 0 Å². The Morgan fingerprint density at radius 3 is 2.89 bits per heavy atom. The lowest BCUT2D eigenvalue weighted by atomic mass is 10.2. The molecule has 2 aromatic rings. The Morgan fingerprint density at radius 2 is 2.22 bits per heavy atom. The van der Waals surface area contributed by atoms with E-state index in [0.29, 0.717) is 30.5 Å². The van der Waals surface area contributed by atoms with Crippen molar-refractivity contribution in [2.24, 2.45) is 0 Å². The molecule has 10 heteroatoms. The van der Waals surface area contributed by atoms with Crippen molar-refractivity contribution in [3.8, 4) is 6.07 Å². The molecule has 0 spiro atoms. The first-order chi connectivity index (χ1) is 13.0. The molecule has 1 fully saturated rings. The second-order valence-corrected chi connectivity index (χ2v) is 6.30. The smallest absolute Gasteiger partial charge is 0.158 e. The zero-order valence-electron chi connectivity index (χ0n) is 15.2. The molecule has 0 aliphatic carbocycles. The normalized spacial score (nSPS) is 18.5. The van der Waals surface area contributed by atoms with Crippen LogP contribution >= 0.6 is 0 Å². The van der Waals surface area contributed by atoms with Crippen molar-refractivity contribution in [1.29, 1.82) is 5.26 Å². The second-order valence-electron chi connectivity index (χ2n) is 6.30. The minimum Gasteiger partial charge on any atom is -0.381 e. The number of likely N-dealkylation sites (N-methyl/N-ethyl adjacent to an activating group) is 1. The van der Waals surface area contributed by atoms with Gasteiger partial charge in [-0.2, -0.15) is 5.26 Å². The van der Waals surface area contributed by atoms with Gasteiger partial charge in [-0.15, -0.1) is 10.2 Å². The van der Waals surface area contributed by atoms with E-state index in [9.17, 15) is 4.39 Å². The topological polar surface area (TPSA) is 112 Å².